The highest BCUT2D eigenvalue weighted by Gasteiger charge is 2.14. The fraction of sp³-hybridized carbons (Fsp3) is 0.467. The Bertz CT molecular complexity index is 862. The Labute approximate surface area is 139 Å². The molecule has 2 aromatic rings. The number of sulfonamides is 1. The van der Waals surface area contributed by atoms with Crippen molar-refractivity contribution in [2.45, 2.75) is 43.0 Å². The van der Waals surface area contributed by atoms with E-state index in [1.54, 1.807) is 16.8 Å². The molecule has 0 aliphatic heterocycles. The number of benzene rings is 1. The molecule has 0 saturated heterocycles. The highest BCUT2D eigenvalue weighted by Crippen LogP contribution is 2.23. The second-order valence-electron chi connectivity index (χ2n) is 5.81. The van der Waals surface area contributed by atoms with Gasteiger partial charge in [0.15, 0.2) is 0 Å². The van der Waals surface area contributed by atoms with Gasteiger partial charge in [0, 0.05) is 12.6 Å². The largest absolute Gasteiger partial charge is 0.254 e. The molecular formula is C15H20N4O2S2. The predicted octanol–water partition coefficient (Wildman–Crippen LogP) is 2.03. The lowest BCUT2D eigenvalue weighted by molar-refractivity contribution is 0.434. The van der Waals surface area contributed by atoms with Gasteiger partial charge in [-0.1, -0.05) is 42.7 Å². The van der Waals surface area contributed by atoms with Gasteiger partial charge in [0.25, 0.3) is 0 Å². The Balaban J connectivity index is 1.96. The first-order valence-corrected chi connectivity index (χ1v) is 10.0. The summed E-state index contributed by atoms with van der Waals surface area (Å²) in [6.45, 7) is 0. The topological polar surface area (TPSA) is 90.3 Å². The van der Waals surface area contributed by atoms with Crippen LogP contribution in [-0.4, -0.2) is 24.2 Å². The third kappa shape index (κ3) is 3.88. The van der Waals surface area contributed by atoms with Gasteiger partial charge in [-0.3, -0.25) is 4.99 Å². The lowest BCUT2D eigenvalue weighted by Crippen LogP contribution is -2.18. The number of hydrogen-bond donors (Lipinski definition) is 1. The van der Waals surface area contributed by atoms with Crippen molar-refractivity contribution < 1.29 is 8.42 Å². The highest BCUT2D eigenvalue weighted by atomic mass is 32.2. The lowest BCUT2D eigenvalue weighted by atomic mass is 9.96. The highest BCUT2D eigenvalue weighted by molar-refractivity contribution is 7.89. The van der Waals surface area contributed by atoms with Crippen molar-refractivity contribution in [3.63, 3.8) is 0 Å². The molecule has 3 rings (SSSR count). The third-order valence-corrected chi connectivity index (χ3v) is 5.96. The van der Waals surface area contributed by atoms with Gasteiger partial charge >= 0.3 is 0 Å². The molecule has 1 aliphatic rings. The van der Waals surface area contributed by atoms with Crippen LogP contribution >= 0.6 is 11.3 Å². The molecule has 0 bridgehead atoms. The second kappa shape index (κ2) is 6.54. The molecule has 1 aromatic carbocycles. The van der Waals surface area contributed by atoms with E-state index in [4.69, 9.17) is 10.1 Å². The molecule has 6 nitrogen and oxygen atoms in total. The monoisotopic (exact) mass is 352 g/mol. The first-order valence-electron chi connectivity index (χ1n) is 7.65. The van der Waals surface area contributed by atoms with Crippen LogP contribution in [0, 0.1) is 0 Å². The number of aryl methyl sites for hydroxylation is 1. The van der Waals surface area contributed by atoms with Crippen LogP contribution in [0.1, 0.15) is 32.1 Å². The minimum Gasteiger partial charge on any atom is -0.254 e. The molecule has 1 aromatic heterocycles. The SMILES string of the molecule is Cn1nc(-c2cccc(S(N)(=O)=O)c2)sc1=NC1CCCCC1. The van der Waals surface area contributed by atoms with Gasteiger partial charge in [0.05, 0.1) is 10.9 Å². The Morgan fingerprint density at radius 2 is 2.04 bits per heavy atom. The van der Waals surface area contributed by atoms with Crippen LogP contribution in [0.25, 0.3) is 10.6 Å². The molecule has 1 fully saturated rings. The van der Waals surface area contributed by atoms with E-state index in [0.29, 0.717) is 6.04 Å². The van der Waals surface area contributed by atoms with Gasteiger partial charge in [-0.15, -0.1) is 0 Å². The fourth-order valence-electron chi connectivity index (χ4n) is 2.75. The number of primary sulfonamides is 1. The molecule has 1 aliphatic carbocycles. The molecule has 1 heterocycles. The molecular weight excluding hydrogens is 332 g/mol. The summed E-state index contributed by atoms with van der Waals surface area (Å²) < 4.78 is 24.7. The van der Waals surface area contributed by atoms with Crippen molar-refractivity contribution in [2.24, 2.45) is 17.2 Å². The number of nitrogens with two attached hydrogens (primary N) is 1. The molecule has 2 N–H and O–H groups in total. The summed E-state index contributed by atoms with van der Waals surface area (Å²) in [6, 6.07) is 6.92. The number of rotatable bonds is 3. The van der Waals surface area contributed by atoms with Gasteiger partial charge in [-0.2, -0.15) is 5.10 Å². The zero-order chi connectivity index (χ0) is 16.4. The molecule has 8 heteroatoms. The average Bonchev–Trinajstić information content (AvgIpc) is 2.89. The van der Waals surface area contributed by atoms with Gasteiger partial charge in [0.1, 0.15) is 5.01 Å². The Hall–Kier alpha value is -1.51. The third-order valence-electron chi connectivity index (χ3n) is 3.98. The molecule has 0 unspecified atom stereocenters. The molecule has 0 radical (unpaired) electrons. The summed E-state index contributed by atoms with van der Waals surface area (Å²) in [5.41, 5.74) is 0.738. The molecule has 23 heavy (non-hydrogen) atoms. The Morgan fingerprint density at radius 1 is 1.30 bits per heavy atom. The van der Waals surface area contributed by atoms with Gasteiger partial charge in [0.2, 0.25) is 14.8 Å². The van der Waals surface area contributed by atoms with E-state index >= 15 is 0 Å². The van der Waals surface area contributed by atoms with Crippen molar-refractivity contribution in [3.8, 4) is 10.6 Å². The first kappa shape index (κ1) is 16.4. The smallest absolute Gasteiger partial charge is 0.238 e. The summed E-state index contributed by atoms with van der Waals surface area (Å²) in [7, 11) is -1.85. The van der Waals surface area contributed by atoms with Crippen LogP contribution in [0.5, 0.6) is 0 Å². The Morgan fingerprint density at radius 3 is 2.74 bits per heavy atom. The summed E-state index contributed by atoms with van der Waals surface area (Å²) >= 11 is 1.48. The molecule has 0 atom stereocenters. The molecule has 0 spiro atoms. The van der Waals surface area contributed by atoms with Gasteiger partial charge in [-0.25, -0.2) is 18.2 Å². The average molecular weight is 352 g/mol. The minimum atomic E-state index is -3.71. The van der Waals surface area contributed by atoms with E-state index in [-0.39, 0.29) is 4.90 Å². The van der Waals surface area contributed by atoms with E-state index in [2.05, 4.69) is 5.10 Å². The predicted molar refractivity (Wildman–Crippen MR) is 90.3 cm³/mol. The maximum Gasteiger partial charge on any atom is 0.238 e. The zero-order valence-electron chi connectivity index (χ0n) is 13.0. The maximum atomic E-state index is 11.5. The first-order chi connectivity index (χ1) is 10.9. The van der Waals surface area contributed by atoms with Crippen LogP contribution in [0.4, 0.5) is 0 Å². The summed E-state index contributed by atoms with van der Waals surface area (Å²) in [5.74, 6) is 0. The van der Waals surface area contributed by atoms with Crippen molar-refractivity contribution in [1.82, 2.24) is 9.78 Å². The summed E-state index contributed by atoms with van der Waals surface area (Å²) in [5, 5.41) is 10.4. The lowest BCUT2D eigenvalue weighted by Gasteiger charge is -2.16. The van der Waals surface area contributed by atoms with Crippen LogP contribution in [-0.2, 0) is 17.1 Å². The maximum absolute atomic E-state index is 11.5. The van der Waals surface area contributed by atoms with Crippen molar-refractivity contribution in [1.29, 1.82) is 0 Å². The van der Waals surface area contributed by atoms with E-state index < -0.39 is 10.0 Å². The van der Waals surface area contributed by atoms with Crippen LogP contribution in [0.3, 0.4) is 0 Å². The van der Waals surface area contributed by atoms with E-state index in [9.17, 15) is 8.42 Å². The second-order valence-corrected chi connectivity index (χ2v) is 8.32. The zero-order valence-corrected chi connectivity index (χ0v) is 14.6. The molecule has 1 saturated carbocycles. The standard InChI is InChI=1S/C15H20N4O2S2/c1-19-15(17-12-7-3-2-4-8-12)22-14(18-19)11-6-5-9-13(10-11)23(16,20)21/h5-6,9-10,12H,2-4,7-8H2,1H3,(H2,16,20,21). The van der Waals surface area contributed by atoms with E-state index in [1.807, 2.05) is 13.1 Å². The van der Waals surface area contributed by atoms with Crippen LogP contribution in [0.15, 0.2) is 34.2 Å². The number of hydrogen-bond acceptors (Lipinski definition) is 5. The van der Waals surface area contributed by atoms with Crippen LogP contribution < -0.4 is 9.94 Å². The summed E-state index contributed by atoms with van der Waals surface area (Å²) in [6.07, 6.45) is 6.04. The Kier molecular flexibility index (Phi) is 4.65. The quantitative estimate of drug-likeness (QED) is 0.916. The summed E-state index contributed by atoms with van der Waals surface area (Å²) in [4.78, 5) is 5.78. The van der Waals surface area contributed by atoms with Crippen molar-refractivity contribution in [3.05, 3.63) is 29.1 Å². The van der Waals surface area contributed by atoms with E-state index in [1.165, 1.54) is 36.7 Å². The van der Waals surface area contributed by atoms with Crippen molar-refractivity contribution in [2.75, 3.05) is 0 Å². The van der Waals surface area contributed by atoms with Crippen molar-refractivity contribution >= 4 is 21.4 Å². The fourth-order valence-corrected chi connectivity index (χ4v) is 4.27. The van der Waals surface area contributed by atoms with Gasteiger partial charge in [-0.05, 0) is 25.0 Å². The molecule has 0 amide bonds. The minimum absolute atomic E-state index is 0.0959. The van der Waals surface area contributed by atoms with Crippen LogP contribution in [0.2, 0.25) is 0 Å². The van der Waals surface area contributed by atoms with E-state index in [0.717, 1.165) is 28.2 Å². The molecule has 124 valence electrons. The number of aromatic nitrogens is 2. The number of nitrogens with zero attached hydrogens (tertiary/aromatic N) is 3. The normalized spacial score (nSPS) is 17.6. The van der Waals surface area contributed by atoms with Gasteiger partial charge < -0.3 is 0 Å².